The highest BCUT2D eigenvalue weighted by atomic mass is 16.5. The van der Waals surface area contributed by atoms with Crippen LogP contribution in [-0.4, -0.2) is 18.0 Å². The molecule has 15 heavy (non-hydrogen) atoms. The number of oxime groups is 1. The fraction of sp³-hybridized carbons (Fsp3) is 0.250. The molecular weight excluding hydrogens is 190 g/mol. The van der Waals surface area contributed by atoms with Gasteiger partial charge in [-0.3, -0.25) is 0 Å². The molecule has 1 aromatic carbocycles. The summed E-state index contributed by atoms with van der Waals surface area (Å²) in [5.41, 5.74) is 0.972. The van der Waals surface area contributed by atoms with Gasteiger partial charge in [0, 0.05) is 0 Å². The van der Waals surface area contributed by atoms with Crippen LogP contribution in [0.3, 0.4) is 0 Å². The number of rotatable bonds is 6. The molecule has 1 aromatic rings. The van der Waals surface area contributed by atoms with Crippen LogP contribution >= 0.6 is 0 Å². The molecule has 0 aliphatic heterocycles. The lowest BCUT2D eigenvalue weighted by Gasteiger charge is -2.12. The fourth-order valence-electron chi connectivity index (χ4n) is 1.21. The van der Waals surface area contributed by atoms with Crippen molar-refractivity contribution in [3.05, 3.63) is 48.6 Å². The lowest BCUT2D eigenvalue weighted by atomic mass is 10.1. The summed E-state index contributed by atoms with van der Waals surface area (Å²) in [6.45, 7) is 4.18. The van der Waals surface area contributed by atoms with Crippen LogP contribution in [0.4, 0.5) is 0 Å². The van der Waals surface area contributed by atoms with E-state index in [0.717, 1.165) is 12.0 Å². The molecule has 1 N–H and O–H groups in total. The molecule has 0 saturated carbocycles. The van der Waals surface area contributed by atoms with Crippen molar-refractivity contribution in [3.8, 4) is 0 Å². The van der Waals surface area contributed by atoms with Gasteiger partial charge in [-0.1, -0.05) is 41.6 Å². The third-order valence-electron chi connectivity index (χ3n) is 1.95. The quantitative estimate of drug-likeness (QED) is 0.255. The van der Waals surface area contributed by atoms with E-state index in [1.165, 1.54) is 6.21 Å². The smallest absolute Gasteiger partial charge is 0.121 e. The molecule has 3 heteroatoms. The van der Waals surface area contributed by atoms with Crippen LogP contribution in [0.25, 0.3) is 0 Å². The third kappa shape index (κ3) is 3.95. The highest BCUT2D eigenvalue weighted by Gasteiger charge is 2.07. The topological polar surface area (TPSA) is 41.8 Å². The molecule has 1 rings (SSSR count). The maximum Gasteiger partial charge on any atom is 0.121 e. The first-order valence-electron chi connectivity index (χ1n) is 4.83. The van der Waals surface area contributed by atoms with E-state index >= 15 is 0 Å². The Kier molecular flexibility index (Phi) is 5.19. The molecule has 3 nitrogen and oxygen atoms in total. The van der Waals surface area contributed by atoms with Crippen molar-refractivity contribution in [1.29, 1.82) is 0 Å². The number of benzene rings is 1. The van der Waals surface area contributed by atoms with Gasteiger partial charge in [-0.2, -0.15) is 0 Å². The second kappa shape index (κ2) is 6.79. The van der Waals surface area contributed by atoms with Gasteiger partial charge in [0.25, 0.3) is 0 Å². The Bertz CT molecular complexity index is 309. The summed E-state index contributed by atoms with van der Waals surface area (Å²) in [5, 5.41) is 11.5. The zero-order chi connectivity index (χ0) is 10.9. The summed E-state index contributed by atoms with van der Waals surface area (Å²) >= 11 is 0. The average molecular weight is 205 g/mol. The second-order valence-electron chi connectivity index (χ2n) is 3.04. The number of nitrogens with zero attached hydrogens (tertiary/aromatic N) is 1. The van der Waals surface area contributed by atoms with Gasteiger partial charge in [0.15, 0.2) is 0 Å². The molecular formula is C12H15NO2. The highest BCUT2D eigenvalue weighted by Crippen LogP contribution is 2.15. The van der Waals surface area contributed by atoms with Gasteiger partial charge in [0.1, 0.15) is 6.10 Å². The molecule has 0 spiro atoms. The largest absolute Gasteiger partial charge is 0.411 e. The van der Waals surface area contributed by atoms with Crippen molar-refractivity contribution < 1.29 is 9.94 Å². The molecule has 80 valence electrons. The van der Waals surface area contributed by atoms with Gasteiger partial charge in [-0.25, -0.2) is 0 Å². The molecule has 0 radical (unpaired) electrons. The summed E-state index contributed by atoms with van der Waals surface area (Å²) in [7, 11) is 0. The van der Waals surface area contributed by atoms with Gasteiger partial charge in [-0.15, -0.1) is 6.58 Å². The van der Waals surface area contributed by atoms with Gasteiger partial charge in [0.05, 0.1) is 12.8 Å². The summed E-state index contributed by atoms with van der Waals surface area (Å²) in [5.74, 6) is 0. The predicted octanol–water partition coefficient (Wildman–Crippen LogP) is 2.78. The van der Waals surface area contributed by atoms with Gasteiger partial charge < -0.3 is 9.94 Å². The van der Waals surface area contributed by atoms with Crippen LogP contribution in [-0.2, 0) is 4.74 Å². The Morgan fingerprint density at radius 2 is 2.13 bits per heavy atom. The molecule has 0 aromatic heterocycles. The Morgan fingerprint density at radius 3 is 2.73 bits per heavy atom. The van der Waals surface area contributed by atoms with Crippen molar-refractivity contribution in [1.82, 2.24) is 0 Å². The molecule has 0 fully saturated rings. The number of hydrogen-bond donors (Lipinski definition) is 1. The van der Waals surface area contributed by atoms with E-state index in [1.807, 2.05) is 30.3 Å². The minimum atomic E-state index is -0.295. The van der Waals surface area contributed by atoms with Crippen LogP contribution in [0.1, 0.15) is 18.1 Å². The Hall–Kier alpha value is -1.61. The summed E-state index contributed by atoms with van der Waals surface area (Å²) < 4.78 is 5.53. The highest BCUT2D eigenvalue weighted by molar-refractivity contribution is 5.65. The van der Waals surface area contributed by atoms with E-state index in [1.54, 1.807) is 6.08 Å². The van der Waals surface area contributed by atoms with E-state index in [2.05, 4.69) is 11.7 Å². The van der Waals surface area contributed by atoms with Gasteiger partial charge in [0.2, 0.25) is 0 Å². The first-order chi connectivity index (χ1) is 7.38. The molecule has 1 atom stereocenters. The van der Waals surface area contributed by atoms with E-state index in [-0.39, 0.29) is 6.10 Å². The summed E-state index contributed by atoms with van der Waals surface area (Å²) in [6, 6.07) is 9.63. The zero-order valence-corrected chi connectivity index (χ0v) is 8.54. The first kappa shape index (κ1) is 11.5. The SMILES string of the molecule is C=CCCOC(C=NO)c1ccccc1. The minimum Gasteiger partial charge on any atom is -0.411 e. The van der Waals surface area contributed by atoms with E-state index < -0.39 is 0 Å². The maximum absolute atomic E-state index is 8.52. The molecule has 0 saturated heterocycles. The lowest BCUT2D eigenvalue weighted by Crippen LogP contribution is -2.06. The van der Waals surface area contributed by atoms with E-state index in [9.17, 15) is 0 Å². The van der Waals surface area contributed by atoms with Crippen molar-refractivity contribution in [2.24, 2.45) is 5.16 Å². The first-order valence-corrected chi connectivity index (χ1v) is 4.83. The predicted molar refractivity (Wildman–Crippen MR) is 60.2 cm³/mol. The van der Waals surface area contributed by atoms with Crippen molar-refractivity contribution in [2.75, 3.05) is 6.61 Å². The van der Waals surface area contributed by atoms with Crippen LogP contribution in [0, 0.1) is 0 Å². The molecule has 0 amide bonds. The monoisotopic (exact) mass is 205 g/mol. The van der Waals surface area contributed by atoms with E-state index in [4.69, 9.17) is 9.94 Å². The number of hydrogen-bond acceptors (Lipinski definition) is 3. The second-order valence-corrected chi connectivity index (χ2v) is 3.04. The lowest BCUT2D eigenvalue weighted by molar-refractivity contribution is 0.103. The van der Waals surface area contributed by atoms with Gasteiger partial charge >= 0.3 is 0 Å². The third-order valence-corrected chi connectivity index (χ3v) is 1.95. The van der Waals surface area contributed by atoms with Crippen LogP contribution in [0.5, 0.6) is 0 Å². The molecule has 1 unspecified atom stereocenters. The van der Waals surface area contributed by atoms with Crippen LogP contribution in [0.15, 0.2) is 48.1 Å². The Morgan fingerprint density at radius 1 is 1.40 bits per heavy atom. The Balaban J connectivity index is 2.61. The molecule has 0 heterocycles. The maximum atomic E-state index is 8.52. The molecule has 0 aliphatic rings. The Labute approximate surface area is 89.7 Å². The van der Waals surface area contributed by atoms with Crippen molar-refractivity contribution in [3.63, 3.8) is 0 Å². The van der Waals surface area contributed by atoms with Crippen molar-refractivity contribution >= 4 is 6.21 Å². The molecule has 0 aliphatic carbocycles. The molecule has 0 bridgehead atoms. The average Bonchev–Trinajstić information content (AvgIpc) is 2.29. The minimum absolute atomic E-state index is 0.295. The van der Waals surface area contributed by atoms with E-state index in [0.29, 0.717) is 6.61 Å². The summed E-state index contributed by atoms with van der Waals surface area (Å²) in [6.07, 6.45) is 3.65. The number of ether oxygens (including phenoxy) is 1. The zero-order valence-electron chi connectivity index (χ0n) is 8.54. The fourth-order valence-corrected chi connectivity index (χ4v) is 1.21. The van der Waals surface area contributed by atoms with Crippen molar-refractivity contribution in [2.45, 2.75) is 12.5 Å². The van der Waals surface area contributed by atoms with Gasteiger partial charge in [-0.05, 0) is 12.0 Å². The normalized spacial score (nSPS) is 12.8. The van der Waals surface area contributed by atoms with Crippen LogP contribution in [0.2, 0.25) is 0 Å². The van der Waals surface area contributed by atoms with Crippen LogP contribution < -0.4 is 0 Å². The summed E-state index contributed by atoms with van der Waals surface area (Å²) in [4.78, 5) is 0. The standard InChI is InChI=1S/C12H15NO2/c1-2-3-9-15-12(10-13-14)11-7-5-4-6-8-11/h2,4-8,10,12,14H,1,3,9H2.